The van der Waals surface area contributed by atoms with E-state index < -0.39 is 11.9 Å². The highest BCUT2D eigenvalue weighted by molar-refractivity contribution is 5.95. The Kier molecular flexibility index (Phi) is 6.01. The van der Waals surface area contributed by atoms with Crippen LogP contribution in [0.1, 0.15) is 43.6 Å². The van der Waals surface area contributed by atoms with Gasteiger partial charge in [0.25, 0.3) is 0 Å². The molecule has 0 aliphatic rings. The van der Waals surface area contributed by atoms with E-state index in [4.69, 9.17) is 10.2 Å². The van der Waals surface area contributed by atoms with Gasteiger partial charge in [-0.1, -0.05) is 36.4 Å². The fourth-order valence-electron chi connectivity index (χ4n) is 1.66. The number of benzene rings is 2. The molecule has 0 aliphatic heterocycles. The zero-order valence-electron chi connectivity index (χ0n) is 12.2. The second-order valence-corrected chi connectivity index (χ2v) is 4.56. The number of carboxylic acid groups (broad SMARTS) is 2. The summed E-state index contributed by atoms with van der Waals surface area (Å²) < 4.78 is 0. The Labute approximate surface area is 127 Å². The summed E-state index contributed by atoms with van der Waals surface area (Å²) in [6.07, 6.45) is 0. The van der Waals surface area contributed by atoms with Crippen molar-refractivity contribution >= 4 is 17.7 Å². The number of hydrogen-bond acceptors (Lipinski definition) is 3. The molecule has 0 aliphatic carbocycles. The first kappa shape index (κ1) is 17.1. The van der Waals surface area contributed by atoms with E-state index in [9.17, 15) is 14.4 Å². The molecule has 114 valence electrons. The standard InChI is InChI=1S/C9H8O4.C8H8O/c1-5-2-3-6(8(10)11)4-7(5)9(12)13;1-7(9)8-5-3-2-4-6-8/h2-4H,1H3,(H,10,11)(H,12,13);2-6H,1H3. The number of Topliss-reactive ketones (excluding diaryl/α,β-unsaturated/α-hetero) is 1. The number of hydrogen-bond donors (Lipinski definition) is 2. The van der Waals surface area contributed by atoms with E-state index in [1.165, 1.54) is 12.1 Å². The third-order valence-corrected chi connectivity index (χ3v) is 2.90. The van der Waals surface area contributed by atoms with Gasteiger partial charge in [0.1, 0.15) is 0 Å². The number of carboxylic acids is 2. The van der Waals surface area contributed by atoms with E-state index in [1.54, 1.807) is 13.8 Å². The van der Waals surface area contributed by atoms with Crippen LogP contribution in [-0.2, 0) is 0 Å². The molecule has 0 saturated heterocycles. The van der Waals surface area contributed by atoms with Crippen molar-refractivity contribution in [1.82, 2.24) is 0 Å². The SMILES string of the molecule is CC(=O)c1ccccc1.Cc1ccc(C(=O)O)cc1C(=O)O. The van der Waals surface area contributed by atoms with Gasteiger partial charge in [-0.2, -0.15) is 0 Å². The summed E-state index contributed by atoms with van der Waals surface area (Å²) in [6, 6.07) is 13.2. The van der Waals surface area contributed by atoms with Crippen molar-refractivity contribution in [2.24, 2.45) is 0 Å². The lowest BCUT2D eigenvalue weighted by Gasteiger charge is -2.01. The molecule has 0 amide bonds. The zero-order valence-corrected chi connectivity index (χ0v) is 12.2. The molecule has 22 heavy (non-hydrogen) atoms. The molecule has 5 nitrogen and oxygen atoms in total. The Bertz CT molecular complexity index is 689. The molecule has 0 radical (unpaired) electrons. The molecule has 0 atom stereocenters. The molecular formula is C17H16O5. The highest BCUT2D eigenvalue weighted by Crippen LogP contribution is 2.11. The largest absolute Gasteiger partial charge is 0.478 e. The number of aromatic carboxylic acids is 2. The summed E-state index contributed by atoms with van der Waals surface area (Å²) in [5, 5.41) is 17.3. The first-order chi connectivity index (χ1) is 10.3. The summed E-state index contributed by atoms with van der Waals surface area (Å²) in [7, 11) is 0. The Hall–Kier alpha value is -2.95. The number of carbonyl (C=O) groups excluding carboxylic acids is 1. The van der Waals surface area contributed by atoms with Crippen molar-refractivity contribution in [3.8, 4) is 0 Å². The zero-order chi connectivity index (χ0) is 16.7. The van der Waals surface area contributed by atoms with Gasteiger partial charge >= 0.3 is 11.9 Å². The number of aryl methyl sites for hydroxylation is 1. The Morgan fingerprint density at radius 3 is 1.82 bits per heavy atom. The molecule has 0 heterocycles. The van der Waals surface area contributed by atoms with Crippen molar-refractivity contribution in [3.05, 3.63) is 70.8 Å². The van der Waals surface area contributed by atoms with Gasteiger partial charge in [0.2, 0.25) is 0 Å². The van der Waals surface area contributed by atoms with Gasteiger partial charge in [0, 0.05) is 5.56 Å². The monoisotopic (exact) mass is 300 g/mol. The maximum Gasteiger partial charge on any atom is 0.335 e. The number of rotatable bonds is 3. The van der Waals surface area contributed by atoms with Gasteiger partial charge in [0.15, 0.2) is 5.78 Å². The van der Waals surface area contributed by atoms with Gasteiger partial charge in [0.05, 0.1) is 11.1 Å². The maximum absolute atomic E-state index is 10.6. The minimum absolute atomic E-state index is 0.0111. The second kappa shape index (κ2) is 7.73. The van der Waals surface area contributed by atoms with Crippen LogP contribution in [-0.4, -0.2) is 27.9 Å². The summed E-state index contributed by atoms with van der Waals surface area (Å²) in [5.74, 6) is -2.11. The van der Waals surface area contributed by atoms with Crippen molar-refractivity contribution < 1.29 is 24.6 Å². The van der Waals surface area contributed by atoms with Crippen molar-refractivity contribution in [1.29, 1.82) is 0 Å². The van der Waals surface area contributed by atoms with E-state index in [0.29, 0.717) is 5.56 Å². The van der Waals surface area contributed by atoms with Crippen LogP contribution >= 0.6 is 0 Å². The average Bonchev–Trinajstić information content (AvgIpc) is 2.48. The van der Waals surface area contributed by atoms with Gasteiger partial charge in [-0.05, 0) is 31.5 Å². The summed E-state index contributed by atoms with van der Waals surface area (Å²) in [6.45, 7) is 3.18. The first-order valence-electron chi connectivity index (χ1n) is 6.46. The summed E-state index contributed by atoms with van der Waals surface area (Å²) in [4.78, 5) is 31.7. The van der Waals surface area contributed by atoms with Crippen molar-refractivity contribution in [3.63, 3.8) is 0 Å². The van der Waals surface area contributed by atoms with E-state index in [0.717, 1.165) is 11.6 Å². The summed E-state index contributed by atoms with van der Waals surface area (Å²) in [5.41, 5.74) is 1.35. The number of carbonyl (C=O) groups is 3. The van der Waals surface area contributed by atoms with Crippen LogP contribution in [0.4, 0.5) is 0 Å². The van der Waals surface area contributed by atoms with E-state index in [2.05, 4.69) is 0 Å². The molecule has 0 saturated carbocycles. The van der Waals surface area contributed by atoms with Crippen LogP contribution in [0.5, 0.6) is 0 Å². The Morgan fingerprint density at radius 2 is 1.41 bits per heavy atom. The molecule has 0 bridgehead atoms. The van der Waals surface area contributed by atoms with Crippen LogP contribution in [0.3, 0.4) is 0 Å². The lowest BCUT2D eigenvalue weighted by molar-refractivity contribution is 0.0695. The Balaban J connectivity index is 0.000000235. The lowest BCUT2D eigenvalue weighted by Crippen LogP contribution is -2.03. The van der Waals surface area contributed by atoms with Gasteiger partial charge in [-0.3, -0.25) is 4.79 Å². The molecule has 0 spiro atoms. The van der Waals surface area contributed by atoms with E-state index in [-0.39, 0.29) is 16.9 Å². The normalized spacial score (nSPS) is 9.36. The highest BCUT2D eigenvalue weighted by Gasteiger charge is 2.10. The van der Waals surface area contributed by atoms with Gasteiger partial charge in [-0.25, -0.2) is 9.59 Å². The molecule has 0 fully saturated rings. The van der Waals surface area contributed by atoms with Crippen LogP contribution in [0.2, 0.25) is 0 Å². The predicted molar refractivity (Wildman–Crippen MR) is 81.5 cm³/mol. The second-order valence-electron chi connectivity index (χ2n) is 4.56. The smallest absolute Gasteiger partial charge is 0.335 e. The van der Waals surface area contributed by atoms with Crippen LogP contribution in [0, 0.1) is 6.92 Å². The summed E-state index contributed by atoms with van der Waals surface area (Å²) >= 11 is 0. The molecule has 2 rings (SSSR count). The maximum atomic E-state index is 10.6. The fourth-order valence-corrected chi connectivity index (χ4v) is 1.66. The van der Waals surface area contributed by atoms with Crippen molar-refractivity contribution in [2.75, 3.05) is 0 Å². The van der Waals surface area contributed by atoms with Crippen LogP contribution in [0.15, 0.2) is 48.5 Å². The Morgan fingerprint density at radius 1 is 0.818 bits per heavy atom. The lowest BCUT2D eigenvalue weighted by atomic mass is 10.1. The topological polar surface area (TPSA) is 91.7 Å². The molecule has 0 aromatic heterocycles. The molecule has 0 unspecified atom stereocenters. The highest BCUT2D eigenvalue weighted by atomic mass is 16.4. The predicted octanol–water partition coefficient (Wildman–Crippen LogP) is 3.28. The third kappa shape index (κ3) is 4.86. The molecule has 2 N–H and O–H groups in total. The molecule has 2 aromatic rings. The van der Waals surface area contributed by atoms with Gasteiger partial charge in [-0.15, -0.1) is 0 Å². The van der Waals surface area contributed by atoms with Crippen molar-refractivity contribution in [2.45, 2.75) is 13.8 Å². The van der Waals surface area contributed by atoms with E-state index in [1.807, 2.05) is 30.3 Å². The third-order valence-electron chi connectivity index (χ3n) is 2.90. The minimum atomic E-state index is -1.12. The fraction of sp³-hybridized carbons (Fsp3) is 0.118. The molecule has 5 heteroatoms. The molecule has 2 aromatic carbocycles. The number of ketones is 1. The minimum Gasteiger partial charge on any atom is -0.478 e. The van der Waals surface area contributed by atoms with E-state index >= 15 is 0 Å². The quantitative estimate of drug-likeness (QED) is 0.849. The first-order valence-corrected chi connectivity index (χ1v) is 6.46. The van der Waals surface area contributed by atoms with Gasteiger partial charge < -0.3 is 10.2 Å². The average molecular weight is 300 g/mol. The molecular weight excluding hydrogens is 284 g/mol. The van der Waals surface area contributed by atoms with Crippen LogP contribution in [0.25, 0.3) is 0 Å². The van der Waals surface area contributed by atoms with Crippen LogP contribution < -0.4 is 0 Å².